The van der Waals surface area contributed by atoms with Crippen LogP contribution in [-0.2, 0) is 0 Å². The van der Waals surface area contributed by atoms with Crippen molar-refractivity contribution < 1.29 is 0 Å². The van der Waals surface area contributed by atoms with E-state index in [1.54, 1.807) is 0 Å². The minimum absolute atomic E-state index is 0.244. The number of anilines is 1. The predicted molar refractivity (Wildman–Crippen MR) is 68.7 cm³/mol. The zero-order valence-corrected chi connectivity index (χ0v) is 11.1. The SMILES string of the molecule is CSC(C)(C)CNc1nccn1C(C)C. The first-order valence-electron chi connectivity index (χ1n) is 5.28. The van der Waals surface area contributed by atoms with Gasteiger partial charge < -0.3 is 9.88 Å². The third kappa shape index (κ3) is 3.45. The largest absolute Gasteiger partial charge is 0.354 e. The Morgan fingerprint density at radius 3 is 2.73 bits per heavy atom. The Bertz CT molecular complexity index is 305. The second-order valence-electron chi connectivity index (χ2n) is 4.57. The molecule has 0 amide bonds. The van der Waals surface area contributed by atoms with Crippen molar-refractivity contribution in [3.8, 4) is 0 Å². The van der Waals surface area contributed by atoms with E-state index in [2.05, 4.69) is 48.8 Å². The molecular formula is C11H21N3S. The molecule has 3 nitrogen and oxygen atoms in total. The standard InChI is InChI=1S/C11H21N3S/c1-9(2)14-7-6-12-10(14)13-8-11(3,4)15-5/h6-7,9H,8H2,1-5H3,(H,12,13). The van der Waals surface area contributed by atoms with Gasteiger partial charge in [-0.05, 0) is 34.0 Å². The van der Waals surface area contributed by atoms with E-state index in [4.69, 9.17) is 0 Å². The van der Waals surface area contributed by atoms with Gasteiger partial charge in [-0.15, -0.1) is 0 Å². The van der Waals surface area contributed by atoms with Gasteiger partial charge in [0.25, 0.3) is 0 Å². The number of thioether (sulfide) groups is 1. The monoisotopic (exact) mass is 227 g/mol. The molecule has 0 unspecified atom stereocenters. The van der Waals surface area contributed by atoms with E-state index in [9.17, 15) is 0 Å². The normalized spacial score (nSPS) is 12.1. The minimum Gasteiger partial charge on any atom is -0.354 e. The number of aromatic nitrogens is 2. The topological polar surface area (TPSA) is 29.9 Å². The van der Waals surface area contributed by atoms with Crippen molar-refractivity contribution in [3.05, 3.63) is 12.4 Å². The van der Waals surface area contributed by atoms with Crippen LogP contribution < -0.4 is 5.32 Å². The second-order valence-corrected chi connectivity index (χ2v) is 6.08. The molecule has 0 radical (unpaired) electrons. The highest BCUT2D eigenvalue weighted by molar-refractivity contribution is 7.99. The molecule has 0 spiro atoms. The van der Waals surface area contributed by atoms with E-state index in [0.717, 1.165) is 12.5 Å². The van der Waals surface area contributed by atoms with E-state index in [0.29, 0.717) is 6.04 Å². The molecule has 15 heavy (non-hydrogen) atoms. The lowest BCUT2D eigenvalue weighted by Gasteiger charge is -2.23. The van der Waals surface area contributed by atoms with Gasteiger partial charge in [-0.1, -0.05) is 0 Å². The van der Waals surface area contributed by atoms with Gasteiger partial charge in [0.05, 0.1) is 0 Å². The highest BCUT2D eigenvalue weighted by Gasteiger charge is 2.16. The molecule has 0 aromatic carbocycles. The van der Waals surface area contributed by atoms with Gasteiger partial charge >= 0.3 is 0 Å². The molecule has 1 aromatic heterocycles. The van der Waals surface area contributed by atoms with Crippen LogP contribution >= 0.6 is 11.8 Å². The molecule has 0 saturated carbocycles. The quantitative estimate of drug-likeness (QED) is 0.838. The highest BCUT2D eigenvalue weighted by Crippen LogP contribution is 2.22. The summed E-state index contributed by atoms with van der Waals surface area (Å²) in [4.78, 5) is 4.32. The lowest BCUT2D eigenvalue weighted by atomic mass is 10.2. The molecule has 0 bridgehead atoms. The third-order valence-electron chi connectivity index (χ3n) is 2.45. The maximum absolute atomic E-state index is 4.32. The Morgan fingerprint density at radius 1 is 1.53 bits per heavy atom. The lowest BCUT2D eigenvalue weighted by Crippen LogP contribution is -2.27. The number of imidazole rings is 1. The first kappa shape index (κ1) is 12.4. The minimum atomic E-state index is 0.244. The highest BCUT2D eigenvalue weighted by atomic mass is 32.2. The molecule has 0 aliphatic heterocycles. The zero-order valence-electron chi connectivity index (χ0n) is 10.2. The molecule has 0 fully saturated rings. The summed E-state index contributed by atoms with van der Waals surface area (Å²) in [6, 6.07) is 0.451. The average Bonchev–Trinajstić information content (AvgIpc) is 2.63. The van der Waals surface area contributed by atoms with E-state index < -0.39 is 0 Å². The fourth-order valence-corrected chi connectivity index (χ4v) is 1.45. The van der Waals surface area contributed by atoms with Crippen molar-refractivity contribution in [2.24, 2.45) is 0 Å². The summed E-state index contributed by atoms with van der Waals surface area (Å²) in [6.07, 6.45) is 5.99. The summed E-state index contributed by atoms with van der Waals surface area (Å²) in [5, 5.41) is 3.40. The number of hydrogen-bond acceptors (Lipinski definition) is 3. The van der Waals surface area contributed by atoms with Crippen LogP contribution in [-0.4, -0.2) is 27.1 Å². The van der Waals surface area contributed by atoms with Gasteiger partial charge in [-0.3, -0.25) is 0 Å². The van der Waals surface area contributed by atoms with Crippen LogP contribution in [0.25, 0.3) is 0 Å². The van der Waals surface area contributed by atoms with E-state index in [1.165, 1.54) is 0 Å². The van der Waals surface area contributed by atoms with E-state index in [-0.39, 0.29) is 4.75 Å². The Balaban J connectivity index is 2.61. The van der Waals surface area contributed by atoms with Crippen LogP contribution in [0.2, 0.25) is 0 Å². The van der Waals surface area contributed by atoms with Crippen LogP contribution in [0.1, 0.15) is 33.7 Å². The number of rotatable bonds is 5. The molecule has 1 aromatic rings. The third-order valence-corrected chi connectivity index (χ3v) is 3.70. The van der Waals surface area contributed by atoms with Crippen molar-refractivity contribution in [1.82, 2.24) is 9.55 Å². The zero-order chi connectivity index (χ0) is 11.5. The van der Waals surface area contributed by atoms with E-state index in [1.807, 2.05) is 24.2 Å². The maximum atomic E-state index is 4.32. The lowest BCUT2D eigenvalue weighted by molar-refractivity contribution is 0.601. The van der Waals surface area contributed by atoms with Crippen LogP contribution in [0.15, 0.2) is 12.4 Å². The molecular weight excluding hydrogens is 206 g/mol. The second kappa shape index (κ2) is 4.92. The number of hydrogen-bond donors (Lipinski definition) is 1. The van der Waals surface area contributed by atoms with Crippen LogP contribution in [0.3, 0.4) is 0 Å². The molecule has 0 saturated heterocycles. The summed E-state index contributed by atoms with van der Waals surface area (Å²) in [7, 11) is 0. The maximum Gasteiger partial charge on any atom is 0.203 e. The fourth-order valence-electron chi connectivity index (χ4n) is 1.23. The van der Waals surface area contributed by atoms with Gasteiger partial charge in [0.1, 0.15) is 0 Å². The van der Waals surface area contributed by atoms with Crippen LogP contribution in [0.4, 0.5) is 5.95 Å². The van der Waals surface area contributed by atoms with Gasteiger partial charge in [-0.2, -0.15) is 11.8 Å². The van der Waals surface area contributed by atoms with Crippen molar-refractivity contribution in [2.75, 3.05) is 18.1 Å². The molecule has 1 rings (SSSR count). The molecule has 1 N–H and O–H groups in total. The Hall–Kier alpha value is -0.640. The Morgan fingerprint density at radius 2 is 2.20 bits per heavy atom. The van der Waals surface area contributed by atoms with Gasteiger partial charge in [0, 0.05) is 29.7 Å². The predicted octanol–water partition coefficient (Wildman–Crippen LogP) is 3.02. The van der Waals surface area contributed by atoms with Crippen molar-refractivity contribution in [2.45, 2.75) is 38.5 Å². The molecule has 0 aliphatic carbocycles. The molecule has 0 atom stereocenters. The summed E-state index contributed by atoms with van der Waals surface area (Å²) >= 11 is 1.86. The van der Waals surface area contributed by atoms with Crippen molar-refractivity contribution in [3.63, 3.8) is 0 Å². The smallest absolute Gasteiger partial charge is 0.203 e. The van der Waals surface area contributed by atoms with Crippen molar-refractivity contribution in [1.29, 1.82) is 0 Å². The molecule has 4 heteroatoms. The van der Waals surface area contributed by atoms with Crippen molar-refractivity contribution >= 4 is 17.7 Å². The summed E-state index contributed by atoms with van der Waals surface area (Å²) < 4.78 is 2.39. The van der Waals surface area contributed by atoms with Crippen LogP contribution in [0.5, 0.6) is 0 Å². The van der Waals surface area contributed by atoms with Gasteiger partial charge in [0.2, 0.25) is 5.95 Å². The first-order chi connectivity index (χ1) is 6.96. The first-order valence-corrected chi connectivity index (χ1v) is 6.50. The Labute approximate surface area is 96.7 Å². The summed E-state index contributed by atoms with van der Waals surface area (Å²) in [5.74, 6) is 0.965. The van der Waals surface area contributed by atoms with E-state index >= 15 is 0 Å². The average molecular weight is 227 g/mol. The fraction of sp³-hybridized carbons (Fsp3) is 0.727. The van der Waals surface area contributed by atoms with Crippen LogP contribution in [0, 0.1) is 0 Å². The van der Waals surface area contributed by atoms with Gasteiger partial charge in [0.15, 0.2) is 0 Å². The molecule has 0 aliphatic rings. The number of nitrogens with one attached hydrogen (secondary N) is 1. The summed E-state index contributed by atoms with van der Waals surface area (Å²) in [6.45, 7) is 9.71. The number of nitrogens with zero attached hydrogens (tertiary/aromatic N) is 2. The molecule has 1 heterocycles. The van der Waals surface area contributed by atoms with Gasteiger partial charge in [-0.25, -0.2) is 4.98 Å². The molecule has 86 valence electrons. The Kier molecular flexibility index (Phi) is 4.08. The summed E-state index contributed by atoms with van der Waals surface area (Å²) in [5.41, 5.74) is 0.